The van der Waals surface area contributed by atoms with Gasteiger partial charge in [0.1, 0.15) is 17.1 Å². The highest BCUT2D eigenvalue weighted by atomic mass is 19.3. The van der Waals surface area contributed by atoms with E-state index in [2.05, 4.69) is 4.98 Å². The highest BCUT2D eigenvalue weighted by molar-refractivity contribution is 5.74. The van der Waals surface area contributed by atoms with Crippen LogP contribution in [0.4, 0.5) is 8.78 Å². The van der Waals surface area contributed by atoms with E-state index in [-0.39, 0.29) is 17.8 Å². The summed E-state index contributed by atoms with van der Waals surface area (Å²) in [4.78, 5) is 13.7. The van der Waals surface area contributed by atoms with Crippen molar-refractivity contribution in [2.45, 2.75) is 13.0 Å². The Morgan fingerprint density at radius 1 is 1.64 bits per heavy atom. The van der Waals surface area contributed by atoms with Gasteiger partial charge in [-0.15, -0.1) is 0 Å². The van der Waals surface area contributed by atoms with E-state index in [1.165, 1.54) is 0 Å². The summed E-state index contributed by atoms with van der Waals surface area (Å²) in [6.07, 6.45) is -2.59. The number of nitrogens with zero attached hydrogens (tertiary/aromatic N) is 1. The van der Waals surface area contributed by atoms with Crippen LogP contribution in [0.2, 0.25) is 0 Å². The van der Waals surface area contributed by atoms with Crippen molar-refractivity contribution in [1.29, 1.82) is 0 Å². The molecule has 0 radical (unpaired) electrons. The molecular formula is C8H8F2N2O2. The molecular weight excluding hydrogens is 194 g/mol. The lowest BCUT2D eigenvalue weighted by Crippen LogP contribution is -2.05. The van der Waals surface area contributed by atoms with Crippen LogP contribution in [-0.2, 0) is 6.54 Å². The molecule has 0 bridgehead atoms. The molecule has 0 atom stereocenters. The molecule has 4 nitrogen and oxygen atoms in total. The number of halogens is 2. The smallest absolute Gasteiger partial charge is 0.284 e. The van der Waals surface area contributed by atoms with Gasteiger partial charge in [0, 0.05) is 6.54 Å². The molecule has 0 unspecified atom stereocenters. The van der Waals surface area contributed by atoms with Crippen molar-refractivity contribution in [3.05, 3.63) is 23.0 Å². The van der Waals surface area contributed by atoms with Crippen LogP contribution in [0.1, 0.15) is 28.2 Å². The monoisotopic (exact) mass is 202 g/mol. The fourth-order valence-corrected chi connectivity index (χ4v) is 0.998. The molecule has 1 aromatic rings. The summed E-state index contributed by atoms with van der Waals surface area (Å²) in [6, 6.07) is 1.03. The molecule has 0 saturated heterocycles. The van der Waals surface area contributed by atoms with Gasteiger partial charge in [0.05, 0.1) is 0 Å². The minimum Gasteiger partial charge on any atom is -0.506 e. The summed E-state index contributed by atoms with van der Waals surface area (Å²) >= 11 is 0. The summed E-state index contributed by atoms with van der Waals surface area (Å²) in [6.45, 7) is -0.0435. The van der Waals surface area contributed by atoms with Gasteiger partial charge >= 0.3 is 0 Å². The molecule has 1 aromatic heterocycles. The Morgan fingerprint density at radius 3 is 2.71 bits per heavy atom. The average molecular weight is 202 g/mol. The first kappa shape index (κ1) is 10.5. The SMILES string of the molecule is NCc1cc(O)c(C(F)F)nc1C=O. The summed E-state index contributed by atoms with van der Waals surface area (Å²) in [5.41, 5.74) is 4.49. The van der Waals surface area contributed by atoms with Crippen LogP contribution in [0.5, 0.6) is 5.75 Å². The van der Waals surface area contributed by atoms with Crippen LogP contribution in [0, 0.1) is 0 Å². The quantitative estimate of drug-likeness (QED) is 0.717. The molecule has 3 N–H and O–H groups in total. The summed E-state index contributed by atoms with van der Waals surface area (Å²) < 4.78 is 24.4. The third-order valence-corrected chi connectivity index (χ3v) is 1.68. The molecule has 1 rings (SSSR count). The van der Waals surface area contributed by atoms with Gasteiger partial charge in [0.2, 0.25) is 0 Å². The van der Waals surface area contributed by atoms with Crippen LogP contribution >= 0.6 is 0 Å². The fourth-order valence-electron chi connectivity index (χ4n) is 0.998. The van der Waals surface area contributed by atoms with E-state index in [4.69, 9.17) is 10.8 Å². The standard InChI is InChI=1S/C8H8F2N2O2/c9-8(10)7-6(14)1-4(2-11)5(3-13)12-7/h1,3,8,14H,2,11H2. The zero-order valence-corrected chi connectivity index (χ0v) is 7.08. The first-order chi connectivity index (χ1) is 6.60. The van der Waals surface area contributed by atoms with E-state index < -0.39 is 17.9 Å². The van der Waals surface area contributed by atoms with E-state index in [0.717, 1.165) is 6.07 Å². The van der Waals surface area contributed by atoms with Crippen molar-refractivity contribution in [3.63, 3.8) is 0 Å². The zero-order chi connectivity index (χ0) is 10.7. The third-order valence-electron chi connectivity index (χ3n) is 1.68. The predicted molar refractivity (Wildman–Crippen MR) is 44.1 cm³/mol. The largest absolute Gasteiger partial charge is 0.506 e. The number of aromatic hydroxyl groups is 1. The van der Waals surface area contributed by atoms with Gasteiger partial charge < -0.3 is 10.8 Å². The molecule has 14 heavy (non-hydrogen) atoms. The Hall–Kier alpha value is -1.56. The molecule has 6 heteroatoms. The van der Waals surface area contributed by atoms with Crippen molar-refractivity contribution in [3.8, 4) is 5.75 Å². The number of carbonyl (C=O) groups is 1. The maximum Gasteiger partial charge on any atom is 0.284 e. The first-order valence-electron chi connectivity index (χ1n) is 3.76. The van der Waals surface area contributed by atoms with Gasteiger partial charge in [-0.25, -0.2) is 13.8 Å². The van der Waals surface area contributed by atoms with Gasteiger partial charge in [-0.1, -0.05) is 0 Å². The van der Waals surface area contributed by atoms with Crippen molar-refractivity contribution in [1.82, 2.24) is 4.98 Å². The number of aldehydes is 1. The highest BCUT2D eigenvalue weighted by Gasteiger charge is 2.17. The van der Waals surface area contributed by atoms with Crippen molar-refractivity contribution in [2.24, 2.45) is 5.73 Å². The molecule has 0 saturated carbocycles. The Morgan fingerprint density at radius 2 is 2.29 bits per heavy atom. The number of aromatic nitrogens is 1. The molecule has 1 heterocycles. The van der Waals surface area contributed by atoms with Gasteiger partial charge in [-0.3, -0.25) is 4.79 Å². The number of rotatable bonds is 3. The number of carbonyl (C=O) groups excluding carboxylic acids is 1. The number of pyridine rings is 1. The van der Waals surface area contributed by atoms with Crippen LogP contribution in [-0.4, -0.2) is 16.4 Å². The number of hydrogen-bond donors (Lipinski definition) is 2. The van der Waals surface area contributed by atoms with Crippen molar-refractivity contribution >= 4 is 6.29 Å². The van der Waals surface area contributed by atoms with Crippen LogP contribution in [0.25, 0.3) is 0 Å². The fraction of sp³-hybridized carbons (Fsp3) is 0.250. The molecule has 0 aliphatic rings. The second-order valence-corrected chi connectivity index (χ2v) is 2.56. The average Bonchev–Trinajstić information content (AvgIpc) is 2.16. The number of hydrogen-bond acceptors (Lipinski definition) is 4. The molecule has 0 spiro atoms. The second kappa shape index (κ2) is 4.10. The first-order valence-corrected chi connectivity index (χ1v) is 3.76. The second-order valence-electron chi connectivity index (χ2n) is 2.56. The maximum atomic E-state index is 12.2. The van der Waals surface area contributed by atoms with Crippen LogP contribution in [0.3, 0.4) is 0 Å². The van der Waals surface area contributed by atoms with Crippen LogP contribution < -0.4 is 5.73 Å². The summed E-state index contributed by atoms with van der Waals surface area (Å²) in [5.74, 6) is -0.647. The minimum absolute atomic E-state index is 0.0435. The minimum atomic E-state index is -2.92. The Balaban J connectivity index is 3.30. The highest BCUT2D eigenvalue weighted by Crippen LogP contribution is 2.27. The lowest BCUT2D eigenvalue weighted by Gasteiger charge is -2.06. The topological polar surface area (TPSA) is 76.2 Å². The Labute approximate surface area is 78.4 Å². The number of alkyl halides is 2. The molecule has 76 valence electrons. The molecule has 0 aliphatic carbocycles. The molecule has 0 aromatic carbocycles. The van der Waals surface area contributed by atoms with E-state index in [1.54, 1.807) is 0 Å². The summed E-state index contributed by atoms with van der Waals surface area (Å²) in [5, 5.41) is 9.10. The zero-order valence-electron chi connectivity index (χ0n) is 7.08. The Bertz CT molecular complexity index is 355. The normalized spacial score (nSPS) is 10.6. The van der Waals surface area contributed by atoms with Gasteiger partial charge in [0.25, 0.3) is 6.43 Å². The Kier molecular flexibility index (Phi) is 3.08. The van der Waals surface area contributed by atoms with E-state index in [0.29, 0.717) is 6.29 Å². The maximum absolute atomic E-state index is 12.2. The third kappa shape index (κ3) is 1.85. The van der Waals surface area contributed by atoms with Gasteiger partial charge in [-0.05, 0) is 11.6 Å². The van der Waals surface area contributed by atoms with Crippen molar-refractivity contribution in [2.75, 3.05) is 0 Å². The lowest BCUT2D eigenvalue weighted by molar-refractivity contribution is 0.111. The van der Waals surface area contributed by atoms with Gasteiger partial charge in [-0.2, -0.15) is 0 Å². The molecule has 0 amide bonds. The lowest BCUT2D eigenvalue weighted by atomic mass is 10.1. The van der Waals surface area contributed by atoms with E-state index in [9.17, 15) is 13.6 Å². The molecule has 0 fully saturated rings. The summed E-state index contributed by atoms with van der Waals surface area (Å²) in [7, 11) is 0. The van der Waals surface area contributed by atoms with E-state index >= 15 is 0 Å². The van der Waals surface area contributed by atoms with Gasteiger partial charge in [0.15, 0.2) is 6.29 Å². The van der Waals surface area contributed by atoms with Crippen LogP contribution in [0.15, 0.2) is 6.07 Å². The van der Waals surface area contributed by atoms with Crippen molar-refractivity contribution < 1.29 is 18.7 Å². The van der Waals surface area contributed by atoms with E-state index in [1.807, 2.05) is 0 Å². The number of nitrogens with two attached hydrogens (primary N) is 1. The molecule has 0 aliphatic heterocycles. The predicted octanol–water partition coefficient (Wildman–Crippen LogP) is 0.996.